The maximum absolute atomic E-state index is 13.2. The van der Waals surface area contributed by atoms with Gasteiger partial charge in [-0.1, -0.05) is 24.3 Å². The summed E-state index contributed by atoms with van der Waals surface area (Å²) in [7, 11) is 1.60. The van der Waals surface area contributed by atoms with Crippen LogP contribution in [0.3, 0.4) is 0 Å². The maximum atomic E-state index is 13.2. The van der Waals surface area contributed by atoms with E-state index in [1.165, 1.54) is 12.1 Å². The summed E-state index contributed by atoms with van der Waals surface area (Å²) in [5.41, 5.74) is 1.70. The van der Waals surface area contributed by atoms with Crippen LogP contribution >= 0.6 is 0 Å². The van der Waals surface area contributed by atoms with E-state index >= 15 is 0 Å². The van der Waals surface area contributed by atoms with Crippen LogP contribution in [0.1, 0.15) is 18.1 Å². The van der Waals surface area contributed by atoms with Gasteiger partial charge in [-0.25, -0.2) is 4.39 Å². The van der Waals surface area contributed by atoms with Crippen LogP contribution in [-0.4, -0.2) is 24.5 Å². The van der Waals surface area contributed by atoms with Gasteiger partial charge in [0.05, 0.1) is 13.5 Å². The lowest BCUT2D eigenvalue weighted by Gasteiger charge is -2.21. The molecule has 0 heterocycles. The van der Waals surface area contributed by atoms with Gasteiger partial charge in [-0.2, -0.15) is 0 Å². The number of carbonyl (C=O) groups excluding carboxylic acids is 1. The number of ether oxygens (including phenoxy) is 1. The molecule has 116 valence electrons. The van der Waals surface area contributed by atoms with Crippen LogP contribution in [0, 0.1) is 5.82 Å². The second-order valence-electron chi connectivity index (χ2n) is 5.07. The highest BCUT2D eigenvalue weighted by Gasteiger charge is 2.13. The molecule has 0 spiro atoms. The highest BCUT2D eigenvalue weighted by Crippen LogP contribution is 2.15. The lowest BCUT2D eigenvalue weighted by molar-refractivity contribution is -0.130. The molecule has 2 aromatic rings. The van der Waals surface area contributed by atoms with Crippen LogP contribution in [0.15, 0.2) is 48.5 Å². The van der Waals surface area contributed by atoms with Gasteiger partial charge in [0.15, 0.2) is 0 Å². The van der Waals surface area contributed by atoms with Crippen molar-refractivity contribution in [3.63, 3.8) is 0 Å². The SMILES string of the molecule is CCN(Cc1cccc(F)c1)C(=O)Cc1cccc(OC)c1. The zero-order valence-corrected chi connectivity index (χ0v) is 12.9. The van der Waals surface area contributed by atoms with Crippen molar-refractivity contribution in [3.8, 4) is 5.75 Å². The van der Waals surface area contributed by atoms with Crippen LogP contribution < -0.4 is 4.74 Å². The van der Waals surface area contributed by atoms with Crippen molar-refractivity contribution in [2.45, 2.75) is 19.9 Å². The van der Waals surface area contributed by atoms with E-state index in [0.29, 0.717) is 19.5 Å². The van der Waals surface area contributed by atoms with Crippen molar-refractivity contribution < 1.29 is 13.9 Å². The number of halogens is 1. The fourth-order valence-corrected chi connectivity index (χ4v) is 2.30. The number of hydrogen-bond acceptors (Lipinski definition) is 2. The molecule has 0 aliphatic heterocycles. The molecule has 0 bridgehead atoms. The van der Waals surface area contributed by atoms with Crippen LogP contribution in [-0.2, 0) is 17.8 Å². The fourth-order valence-electron chi connectivity index (χ4n) is 2.30. The molecule has 0 N–H and O–H groups in total. The lowest BCUT2D eigenvalue weighted by Crippen LogP contribution is -2.31. The molecule has 0 unspecified atom stereocenters. The quantitative estimate of drug-likeness (QED) is 0.818. The smallest absolute Gasteiger partial charge is 0.227 e. The molecule has 0 radical (unpaired) electrons. The van der Waals surface area contributed by atoms with Crippen LogP contribution in [0.25, 0.3) is 0 Å². The molecule has 0 saturated carbocycles. The number of amides is 1. The molecule has 0 aromatic heterocycles. The summed E-state index contributed by atoms with van der Waals surface area (Å²) in [5.74, 6) is 0.465. The molecule has 0 saturated heterocycles. The minimum absolute atomic E-state index is 0.0139. The van der Waals surface area contributed by atoms with Gasteiger partial charge in [0.2, 0.25) is 5.91 Å². The number of rotatable bonds is 6. The number of hydrogen-bond donors (Lipinski definition) is 0. The summed E-state index contributed by atoms with van der Waals surface area (Å²) in [6, 6.07) is 13.8. The Bertz CT molecular complexity index is 642. The van der Waals surface area contributed by atoms with Gasteiger partial charge in [-0.3, -0.25) is 4.79 Å². The predicted octanol–water partition coefficient (Wildman–Crippen LogP) is 3.43. The third kappa shape index (κ3) is 4.32. The summed E-state index contributed by atoms with van der Waals surface area (Å²) in [6.45, 7) is 2.92. The molecule has 2 rings (SSSR count). The fraction of sp³-hybridized carbons (Fsp3) is 0.278. The van der Waals surface area contributed by atoms with Gasteiger partial charge in [-0.05, 0) is 42.3 Å². The first-order valence-electron chi connectivity index (χ1n) is 7.27. The number of carbonyl (C=O) groups is 1. The van der Waals surface area contributed by atoms with E-state index in [1.807, 2.05) is 37.3 Å². The van der Waals surface area contributed by atoms with Crippen molar-refractivity contribution in [2.24, 2.45) is 0 Å². The van der Waals surface area contributed by atoms with Crippen molar-refractivity contribution in [1.82, 2.24) is 4.90 Å². The number of methoxy groups -OCH3 is 1. The number of nitrogens with zero attached hydrogens (tertiary/aromatic N) is 1. The van der Waals surface area contributed by atoms with Crippen LogP contribution in [0.5, 0.6) is 5.75 Å². The van der Waals surface area contributed by atoms with E-state index in [4.69, 9.17) is 4.74 Å². The predicted molar refractivity (Wildman–Crippen MR) is 84.2 cm³/mol. The molecule has 0 fully saturated rings. The average Bonchev–Trinajstić information content (AvgIpc) is 2.52. The van der Waals surface area contributed by atoms with Crippen molar-refractivity contribution in [3.05, 3.63) is 65.5 Å². The average molecular weight is 301 g/mol. The summed E-state index contributed by atoms with van der Waals surface area (Å²) >= 11 is 0. The summed E-state index contributed by atoms with van der Waals surface area (Å²) in [6.07, 6.45) is 0.306. The molecule has 0 aliphatic rings. The first-order chi connectivity index (χ1) is 10.6. The van der Waals surface area contributed by atoms with Gasteiger partial charge in [-0.15, -0.1) is 0 Å². The highest BCUT2D eigenvalue weighted by molar-refractivity contribution is 5.78. The Morgan fingerprint density at radius 3 is 2.55 bits per heavy atom. The lowest BCUT2D eigenvalue weighted by atomic mass is 10.1. The van der Waals surface area contributed by atoms with Gasteiger partial charge in [0.25, 0.3) is 0 Å². The summed E-state index contributed by atoms with van der Waals surface area (Å²) in [5, 5.41) is 0. The van der Waals surface area contributed by atoms with Gasteiger partial charge in [0, 0.05) is 13.1 Å². The Labute approximate surface area is 130 Å². The molecule has 22 heavy (non-hydrogen) atoms. The second kappa shape index (κ2) is 7.59. The zero-order valence-electron chi connectivity index (χ0n) is 12.9. The Balaban J connectivity index is 2.05. The third-order valence-corrected chi connectivity index (χ3v) is 3.49. The van der Waals surface area contributed by atoms with E-state index in [-0.39, 0.29) is 11.7 Å². The molecule has 3 nitrogen and oxygen atoms in total. The van der Waals surface area contributed by atoms with E-state index in [0.717, 1.165) is 16.9 Å². The molecule has 0 atom stereocenters. The first kappa shape index (κ1) is 16.0. The van der Waals surface area contributed by atoms with E-state index in [9.17, 15) is 9.18 Å². The maximum Gasteiger partial charge on any atom is 0.227 e. The standard InChI is InChI=1S/C18H20FNO2/c1-3-20(13-15-7-4-8-16(19)10-15)18(21)12-14-6-5-9-17(11-14)22-2/h4-11H,3,12-13H2,1-2H3. The van der Waals surface area contributed by atoms with Crippen LogP contribution in [0.4, 0.5) is 4.39 Å². The Morgan fingerprint density at radius 1 is 1.14 bits per heavy atom. The Kier molecular flexibility index (Phi) is 5.53. The largest absolute Gasteiger partial charge is 0.497 e. The summed E-state index contributed by atoms with van der Waals surface area (Å²) in [4.78, 5) is 14.1. The van der Waals surface area contributed by atoms with Crippen molar-refractivity contribution in [1.29, 1.82) is 0 Å². The van der Waals surface area contributed by atoms with Gasteiger partial charge >= 0.3 is 0 Å². The van der Waals surface area contributed by atoms with Crippen molar-refractivity contribution >= 4 is 5.91 Å². The Hall–Kier alpha value is -2.36. The van der Waals surface area contributed by atoms with E-state index < -0.39 is 0 Å². The molecular formula is C18H20FNO2. The normalized spacial score (nSPS) is 10.3. The monoisotopic (exact) mass is 301 g/mol. The molecular weight excluding hydrogens is 281 g/mol. The number of benzene rings is 2. The summed E-state index contributed by atoms with van der Waals surface area (Å²) < 4.78 is 18.4. The Morgan fingerprint density at radius 2 is 1.86 bits per heavy atom. The van der Waals surface area contributed by atoms with Gasteiger partial charge in [0.1, 0.15) is 11.6 Å². The molecule has 1 amide bonds. The second-order valence-corrected chi connectivity index (χ2v) is 5.07. The topological polar surface area (TPSA) is 29.5 Å². The van der Waals surface area contributed by atoms with E-state index in [1.54, 1.807) is 18.1 Å². The van der Waals surface area contributed by atoms with Gasteiger partial charge < -0.3 is 9.64 Å². The first-order valence-corrected chi connectivity index (χ1v) is 7.27. The molecule has 2 aromatic carbocycles. The molecule has 4 heteroatoms. The third-order valence-electron chi connectivity index (χ3n) is 3.49. The van der Waals surface area contributed by atoms with Crippen LogP contribution in [0.2, 0.25) is 0 Å². The molecule has 0 aliphatic carbocycles. The van der Waals surface area contributed by atoms with Crippen molar-refractivity contribution in [2.75, 3.05) is 13.7 Å². The zero-order chi connectivity index (χ0) is 15.9. The van der Waals surface area contributed by atoms with E-state index in [2.05, 4.69) is 0 Å². The minimum Gasteiger partial charge on any atom is -0.497 e. The number of likely N-dealkylation sites (N-methyl/N-ethyl adjacent to an activating group) is 1. The highest BCUT2D eigenvalue weighted by atomic mass is 19.1. The minimum atomic E-state index is -0.284.